The molecule has 0 aliphatic rings. The summed E-state index contributed by atoms with van der Waals surface area (Å²) in [7, 11) is 0.158. The van der Waals surface area contributed by atoms with Crippen molar-refractivity contribution in [1.82, 2.24) is 10.2 Å². The Hall–Kier alpha value is -4.25. The zero-order valence-corrected chi connectivity index (χ0v) is 27.1. The van der Waals surface area contributed by atoms with E-state index >= 15 is 0 Å². The van der Waals surface area contributed by atoms with Gasteiger partial charge in [0.1, 0.15) is 29.8 Å². The molecule has 0 aliphatic carbocycles. The largest absolute Gasteiger partial charge is 0.497 e. The second-order valence-corrected chi connectivity index (χ2v) is 12.2. The van der Waals surface area contributed by atoms with Crippen molar-refractivity contribution in [2.45, 2.75) is 57.5 Å². The lowest BCUT2D eigenvalue weighted by Gasteiger charge is -2.33. The number of carbonyl (C=O) groups is 2. The molecule has 0 heterocycles. The number of carbonyl (C=O) groups excluding carboxylic acids is 2. The van der Waals surface area contributed by atoms with E-state index in [-0.39, 0.29) is 28.8 Å². The fourth-order valence-corrected chi connectivity index (χ4v) is 6.15. The molecule has 10 nitrogen and oxygen atoms in total. The molecule has 2 amide bonds. The average Bonchev–Trinajstić information content (AvgIpc) is 3.03. The van der Waals surface area contributed by atoms with Crippen molar-refractivity contribution in [3.05, 3.63) is 77.9 Å². The van der Waals surface area contributed by atoms with Gasteiger partial charge in [-0.15, -0.1) is 0 Å². The third kappa shape index (κ3) is 8.43. The maximum Gasteiger partial charge on any atom is 0.264 e. The molecule has 0 saturated heterocycles. The van der Waals surface area contributed by atoms with Crippen LogP contribution < -0.4 is 23.8 Å². The molecule has 238 valence electrons. The molecule has 0 saturated carbocycles. The van der Waals surface area contributed by atoms with Crippen LogP contribution in [-0.4, -0.2) is 65.6 Å². The molecule has 3 aromatic rings. The lowest BCUT2D eigenvalue weighted by Crippen LogP contribution is -2.52. The fraction of sp³-hybridized carbons (Fsp3) is 0.394. The highest BCUT2D eigenvalue weighted by atomic mass is 32.2. The van der Waals surface area contributed by atoms with E-state index in [1.807, 2.05) is 26.8 Å². The van der Waals surface area contributed by atoms with Crippen LogP contribution in [0.5, 0.6) is 17.2 Å². The molecular weight excluding hydrogens is 582 g/mol. The zero-order chi connectivity index (χ0) is 32.3. The Kier molecular flexibility index (Phi) is 12.5. The molecular formula is C33H43N3O7S. The molecule has 0 aromatic heterocycles. The molecule has 0 aliphatic heterocycles. The van der Waals surface area contributed by atoms with Gasteiger partial charge in [0.15, 0.2) is 0 Å². The van der Waals surface area contributed by atoms with Crippen molar-refractivity contribution >= 4 is 27.5 Å². The quantitative estimate of drug-likeness (QED) is 0.224. The van der Waals surface area contributed by atoms with Crippen LogP contribution in [0.4, 0.5) is 5.69 Å². The second-order valence-electron chi connectivity index (χ2n) is 10.3. The first kappa shape index (κ1) is 34.2. The molecule has 0 spiro atoms. The zero-order valence-electron chi connectivity index (χ0n) is 26.3. The van der Waals surface area contributed by atoms with Crippen LogP contribution in [0.1, 0.15) is 44.2 Å². The lowest BCUT2D eigenvalue weighted by atomic mass is 10.1. The maximum absolute atomic E-state index is 14.3. The highest BCUT2D eigenvalue weighted by molar-refractivity contribution is 7.92. The summed E-state index contributed by atoms with van der Waals surface area (Å²) in [6.07, 6.45) is 2.02. The van der Waals surface area contributed by atoms with Gasteiger partial charge in [0, 0.05) is 19.2 Å². The molecule has 0 unspecified atom stereocenters. The number of amides is 2. The van der Waals surface area contributed by atoms with Crippen LogP contribution in [-0.2, 0) is 26.2 Å². The maximum atomic E-state index is 14.3. The SMILES string of the molecule is CCCCNC(=O)[C@@H](CC)N(Cc1cccc(OC)c1)C(=O)CN(c1cc(OC)ccc1OC)S(=O)(=O)c1ccc(C)cc1. The first-order valence-corrected chi connectivity index (χ1v) is 16.0. The number of methoxy groups -OCH3 is 3. The van der Waals surface area contributed by atoms with Gasteiger partial charge < -0.3 is 24.4 Å². The second kappa shape index (κ2) is 16.0. The van der Waals surface area contributed by atoms with Gasteiger partial charge in [0.05, 0.1) is 31.9 Å². The molecule has 1 atom stereocenters. The molecule has 11 heteroatoms. The number of sulfonamides is 1. The standard InChI is InChI=1S/C33H43N3O7S/c1-7-9-19-34-33(38)29(8-2)35(22-25-11-10-12-26(20-25)41-4)32(37)23-36(30-21-27(42-5)15-18-31(30)43-6)44(39,40)28-16-13-24(3)14-17-28/h10-18,20-21,29H,7-9,19,22-23H2,1-6H3,(H,34,38)/t29-/m1/s1. The predicted octanol–water partition coefficient (Wildman–Crippen LogP) is 4.94. The van der Waals surface area contributed by atoms with Gasteiger partial charge >= 0.3 is 0 Å². The summed E-state index contributed by atoms with van der Waals surface area (Å²) in [4.78, 5) is 29.2. The van der Waals surface area contributed by atoms with Gasteiger partial charge in [-0.2, -0.15) is 0 Å². The van der Waals surface area contributed by atoms with Crippen molar-refractivity contribution in [3.8, 4) is 17.2 Å². The van der Waals surface area contributed by atoms with Crippen LogP contribution in [0, 0.1) is 6.92 Å². The number of aryl methyl sites for hydroxylation is 1. The topological polar surface area (TPSA) is 114 Å². The van der Waals surface area contributed by atoms with Crippen molar-refractivity contribution in [2.24, 2.45) is 0 Å². The predicted molar refractivity (Wildman–Crippen MR) is 171 cm³/mol. The van der Waals surface area contributed by atoms with Crippen LogP contribution in [0.15, 0.2) is 71.6 Å². The molecule has 0 radical (unpaired) electrons. The molecule has 3 rings (SSSR count). The highest BCUT2D eigenvalue weighted by Crippen LogP contribution is 2.36. The minimum atomic E-state index is -4.28. The molecule has 44 heavy (non-hydrogen) atoms. The van der Waals surface area contributed by atoms with Gasteiger partial charge in [-0.1, -0.05) is 50.1 Å². The first-order valence-electron chi connectivity index (χ1n) is 14.6. The summed E-state index contributed by atoms with van der Waals surface area (Å²) in [5.74, 6) is 0.348. The number of rotatable bonds is 16. The number of ether oxygens (including phenoxy) is 3. The Bertz CT molecular complexity index is 1510. The Morgan fingerprint density at radius 1 is 0.886 bits per heavy atom. The van der Waals surface area contributed by atoms with E-state index in [0.29, 0.717) is 24.5 Å². The van der Waals surface area contributed by atoms with E-state index in [2.05, 4.69) is 5.32 Å². The van der Waals surface area contributed by atoms with E-state index in [0.717, 1.165) is 28.3 Å². The minimum absolute atomic E-state index is 0.00414. The Morgan fingerprint density at radius 2 is 1.57 bits per heavy atom. The van der Waals surface area contributed by atoms with Crippen molar-refractivity contribution in [2.75, 3.05) is 38.7 Å². The average molecular weight is 626 g/mol. The number of unbranched alkanes of at least 4 members (excludes halogenated alkanes) is 1. The first-order chi connectivity index (χ1) is 21.1. The van der Waals surface area contributed by atoms with Gasteiger partial charge in [0.25, 0.3) is 10.0 Å². The number of nitrogens with one attached hydrogen (secondary N) is 1. The van der Waals surface area contributed by atoms with E-state index in [1.54, 1.807) is 49.6 Å². The number of benzene rings is 3. The van der Waals surface area contributed by atoms with Crippen molar-refractivity contribution < 1.29 is 32.2 Å². The van der Waals surface area contributed by atoms with Crippen LogP contribution in [0.3, 0.4) is 0 Å². The van der Waals surface area contributed by atoms with Crippen molar-refractivity contribution in [3.63, 3.8) is 0 Å². The van der Waals surface area contributed by atoms with Gasteiger partial charge in [-0.3, -0.25) is 13.9 Å². The fourth-order valence-electron chi connectivity index (χ4n) is 4.74. The third-order valence-corrected chi connectivity index (χ3v) is 9.02. The van der Waals surface area contributed by atoms with Crippen molar-refractivity contribution in [1.29, 1.82) is 0 Å². The van der Waals surface area contributed by atoms with Gasteiger partial charge in [-0.05, 0) is 61.7 Å². The number of hydrogen-bond donors (Lipinski definition) is 1. The van der Waals surface area contributed by atoms with E-state index in [4.69, 9.17) is 14.2 Å². The summed E-state index contributed by atoms with van der Waals surface area (Å²) >= 11 is 0. The summed E-state index contributed by atoms with van der Waals surface area (Å²) in [5.41, 5.74) is 1.74. The molecule has 0 bridgehead atoms. The monoisotopic (exact) mass is 625 g/mol. The Labute approximate surface area is 261 Å². The molecule has 0 fully saturated rings. The highest BCUT2D eigenvalue weighted by Gasteiger charge is 2.35. The normalized spacial score (nSPS) is 11.8. The number of anilines is 1. The number of nitrogens with zero attached hydrogens (tertiary/aromatic N) is 2. The van der Waals surface area contributed by atoms with Crippen LogP contribution in [0.2, 0.25) is 0 Å². The smallest absolute Gasteiger partial charge is 0.264 e. The number of hydrogen-bond acceptors (Lipinski definition) is 7. The summed E-state index contributed by atoms with van der Waals surface area (Å²) < 4.78 is 45.8. The summed E-state index contributed by atoms with van der Waals surface area (Å²) in [6, 6.07) is 17.5. The van der Waals surface area contributed by atoms with E-state index < -0.39 is 28.5 Å². The lowest BCUT2D eigenvalue weighted by molar-refractivity contribution is -0.140. The minimum Gasteiger partial charge on any atom is -0.497 e. The molecule has 1 N–H and O–H groups in total. The van der Waals surface area contributed by atoms with E-state index in [1.165, 1.54) is 37.3 Å². The third-order valence-electron chi connectivity index (χ3n) is 7.25. The Morgan fingerprint density at radius 3 is 2.18 bits per heavy atom. The van der Waals surface area contributed by atoms with Gasteiger partial charge in [0.2, 0.25) is 11.8 Å². The summed E-state index contributed by atoms with van der Waals surface area (Å²) in [6.45, 7) is 5.64. The summed E-state index contributed by atoms with van der Waals surface area (Å²) in [5, 5.41) is 2.93. The Balaban J connectivity index is 2.13. The van der Waals surface area contributed by atoms with Crippen LogP contribution >= 0.6 is 0 Å². The van der Waals surface area contributed by atoms with Crippen LogP contribution in [0.25, 0.3) is 0 Å². The molecule has 3 aromatic carbocycles. The van der Waals surface area contributed by atoms with Gasteiger partial charge in [-0.25, -0.2) is 8.42 Å². The van der Waals surface area contributed by atoms with E-state index in [9.17, 15) is 18.0 Å².